The fraction of sp³-hybridized carbons (Fsp3) is 0.111. The van der Waals surface area contributed by atoms with Crippen LogP contribution < -0.4 is 10.0 Å². The number of rotatable bonds is 4. The highest BCUT2D eigenvalue weighted by molar-refractivity contribution is 9.11. The van der Waals surface area contributed by atoms with E-state index in [0.29, 0.717) is 5.13 Å². The van der Waals surface area contributed by atoms with Gasteiger partial charge in [0.2, 0.25) is 0 Å². The van der Waals surface area contributed by atoms with Crippen LogP contribution in [-0.4, -0.2) is 19.4 Å². The molecule has 0 fully saturated rings. The van der Waals surface area contributed by atoms with E-state index in [1.54, 1.807) is 12.1 Å². The van der Waals surface area contributed by atoms with Gasteiger partial charge in [-0.2, -0.15) is 0 Å². The minimum Gasteiger partial charge on any atom is -0.283 e. The lowest BCUT2D eigenvalue weighted by Gasteiger charge is -2.14. The predicted molar refractivity (Wildman–Crippen MR) is 111 cm³/mol. The zero-order valence-corrected chi connectivity index (χ0v) is 17.7. The normalized spacial score (nSPS) is 11.2. The topological polar surface area (TPSA) is 88.2 Å². The van der Waals surface area contributed by atoms with E-state index in [4.69, 9.17) is 0 Å². The smallest absolute Gasteiger partial charge is 0.283 e. The lowest BCUT2D eigenvalue weighted by molar-refractivity contribution is 0.256. The second-order valence-corrected chi connectivity index (χ2v) is 9.92. The number of hydrogen-bond donors (Lipinski definition) is 2. The van der Waals surface area contributed by atoms with E-state index in [2.05, 4.69) is 26.2 Å². The highest BCUT2D eigenvalue weighted by Gasteiger charge is 2.20. The Labute approximate surface area is 169 Å². The largest absolute Gasteiger partial charge is 0.334 e. The van der Waals surface area contributed by atoms with Gasteiger partial charge in [-0.3, -0.25) is 5.32 Å². The van der Waals surface area contributed by atoms with Crippen molar-refractivity contribution in [2.24, 2.45) is 0 Å². The zero-order chi connectivity index (χ0) is 19.6. The van der Waals surface area contributed by atoms with Gasteiger partial charge in [0.25, 0.3) is 10.0 Å². The lowest BCUT2D eigenvalue weighted by Crippen LogP contribution is -2.34. The van der Waals surface area contributed by atoms with Crippen LogP contribution >= 0.6 is 27.3 Å². The van der Waals surface area contributed by atoms with E-state index in [9.17, 15) is 13.2 Å². The number of halogens is 1. The summed E-state index contributed by atoms with van der Waals surface area (Å²) in [6, 6.07) is 12.0. The molecule has 6 nitrogen and oxygen atoms in total. The second-order valence-electron chi connectivity index (χ2n) is 5.83. The van der Waals surface area contributed by atoms with Gasteiger partial charge in [0.05, 0.1) is 14.9 Å². The molecule has 0 saturated heterocycles. The van der Waals surface area contributed by atoms with Crippen LogP contribution in [0, 0.1) is 13.8 Å². The molecule has 140 valence electrons. The molecule has 0 spiro atoms. The Kier molecular flexibility index (Phi) is 5.64. The Morgan fingerprint density at radius 2 is 1.74 bits per heavy atom. The van der Waals surface area contributed by atoms with Gasteiger partial charge in [0, 0.05) is 0 Å². The van der Waals surface area contributed by atoms with Gasteiger partial charge in [0.15, 0.2) is 5.13 Å². The van der Waals surface area contributed by atoms with E-state index >= 15 is 0 Å². The first kappa shape index (κ1) is 19.5. The average Bonchev–Trinajstić information content (AvgIpc) is 2.99. The van der Waals surface area contributed by atoms with Gasteiger partial charge in [-0.1, -0.05) is 41.7 Å². The summed E-state index contributed by atoms with van der Waals surface area (Å²) in [6.45, 7) is 3.70. The molecule has 0 aliphatic rings. The molecule has 0 atom stereocenters. The highest BCUT2D eigenvalue weighted by Crippen LogP contribution is 2.29. The fourth-order valence-electron chi connectivity index (χ4n) is 2.75. The summed E-state index contributed by atoms with van der Waals surface area (Å²) >= 11 is 4.41. The molecule has 0 aliphatic heterocycles. The van der Waals surface area contributed by atoms with Crippen LogP contribution in [0.2, 0.25) is 0 Å². The van der Waals surface area contributed by atoms with Crippen LogP contribution in [0.25, 0.3) is 11.1 Å². The third-order valence-corrected chi connectivity index (χ3v) is 6.51. The van der Waals surface area contributed by atoms with Crippen LogP contribution in [-0.2, 0) is 10.0 Å². The number of sulfonamides is 1. The molecular weight excluding hydrogens is 450 g/mol. The van der Waals surface area contributed by atoms with Gasteiger partial charge in [0.1, 0.15) is 0 Å². The minimum atomic E-state index is -4.01. The number of carbonyl (C=O) groups excluding carboxylic acids is 1. The van der Waals surface area contributed by atoms with Gasteiger partial charge in [-0.05, 0) is 64.2 Å². The van der Waals surface area contributed by atoms with E-state index in [-0.39, 0.29) is 4.90 Å². The first-order chi connectivity index (χ1) is 12.8. The number of amides is 2. The number of nitrogens with one attached hydrogen (secondary N) is 2. The number of hydrogen-bond acceptors (Lipinski definition) is 5. The van der Waals surface area contributed by atoms with Crippen LogP contribution in [0.5, 0.6) is 0 Å². The molecule has 1 aromatic heterocycles. The van der Waals surface area contributed by atoms with Crippen molar-refractivity contribution in [3.8, 4) is 11.1 Å². The zero-order valence-electron chi connectivity index (χ0n) is 14.5. The Bertz CT molecular complexity index is 1070. The van der Waals surface area contributed by atoms with Crippen molar-refractivity contribution in [1.82, 2.24) is 9.71 Å². The molecular formula is C18H16BrN3O3S2. The number of anilines is 1. The number of nitrogens with zero attached hydrogens (tertiary/aromatic N) is 1. The van der Waals surface area contributed by atoms with Crippen LogP contribution in [0.15, 0.2) is 57.3 Å². The average molecular weight is 466 g/mol. The van der Waals surface area contributed by atoms with Gasteiger partial charge < -0.3 is 0 Å². The molecule has 2 N–H and O–H groups in total. The maximum Gasteiger partial charge on any atom is 0.334 e. The summed E-state index contributed by atoms with van der Waals surface area (Å²) in [4.78, 5) is 16.0. The Morgan fingerprint density at radius 1 is 1.11 bits per heavy atom. The monoisotopic (exact) mass is 465 g/mol. The third kappa shape index (κ3) is 4.55. The van der Waals surface area contributed by atoms with Crippen molar-refractivity contribution < 1.29 is 13.2 Å². The maximum atomic E-state index is 12.6. The van der Waals surface area contributed by atoms with Crippen molar-refractivity contribution in [1.29, 1.82) is 0 Å². The molecule has 0 saturated carbocycles. The van der Waals surface area contributed by atoms with Crippen molar-refractivity contribution >= 4 is 48.5 Å². The number of thiazole rings is 1. The molecule has 2 aromatic carbocycles. The predicted octanol–water partition coefficient (Wildman–Crippen LogP) is 4.70. The quantitative estimate of drug-likeness (QED) is 0.584. The number of aryl methyl sites for hydroxylation is 2. The summed E-state index contributed by atoms with van der Waals surface area (Å²) in [6.07, 6.45) is 1.52. The van der Waals surface area contributed by atoms with Crippen molar-refractivity contribution in [3.05, 3.63) is 63.6 Å². The lowest BCUT2D eigenvalue weighted by atomic mass is 9.96. The maximum absolute atomic E-state index is 12.6. The Hall–Kier alpha value is -2.23. The van der Waals surface area contributed by atoms with Crippen LogP contribution in [0.4, 0.5) is 9.93 Å². The van der Waals surface area contributed by atoms with Crippen LogP contribution in [0.3, 0.4) is 0 Å². The molecule has 0 radical (unpaired) electrons. The molecule has 0 aliphatic carbocycles. The Balaban J connectivity index is 1.85. The molecule has 3 rings (SSSR count). The molecule has 2 amide bonds. The number of aromatic nitrogens is 1. The number of urea groups is 1. The summed E-state index contributed by atoms with van der Waals surface area (Å²) < 4.78 is 27.9. The minimum absolute atomic E-state index is 0.0349. The summed E-state index contributed by atoms with van der Waals surface area (Å²) in [7, 11) is -4.01. The third-order valence-electron chi connectivity index (χ3n) is 3.80. The summed E-state index contributed by atoms with van der Waals surface area (Å²) in [5.41, 5.74) is 3.61. The molecule has 9 heteroatoms. The second kappa shape index (κ2) is 7.79. The molecule has 0 bridgehead atoms. The van der Waals surface area contributed by atoms with Gasteiger partial charge in [-0.15, -0.1) is 0 Å². The van der Waals surface area contributed by atoms with E-state index in [1.807, 2.05) is 48.9 Å². The molecule has 0 unspecified atom stereocenters. The van der Waals surface area contributed by atoms with Crippen molar-refractivity contribution in [2.45, 2.75) is 18.7 Å². The van der Waals surface area contributed by atoms with Crippen molar-refractivity contribution in [3.63, 3.8) is 0 Å². The summed E-state index contributed by atoms with van der Waals surface area (Å²) in [5.74, 6) is 0. The summed E-state index contributed by atoms with van der Waals surface area (Å²) in [5, 5.41) is 2.70. The molecule has 3 aromatic rings. The van der Waals surface area contributed by atoms with Gasteiger partial charge in [-0.25, -0.2) is 22.9 Å². The van der Waals surface area contributed by atoms with Crippen LogP contribution in [0.1, 0.15) is 11.1 Å². The molecule has 27 heavy (non-hydrogen) atoms. The number of carbonyl (C=O) groups is 1. The SMILES string of the molecule is Cc1cc(S(=O)(=O)NC(=O)Nc2ncc(Br)s2)cc(C)c1-c1ccccc1. The van der Waals surface area contributed by atoms with Gasteiger partial charge >= 0.3 is 6.03 Å². The fourth-order valence-corrected chi connectivity index (χ4v) is 4.93. The van der Waals surface area contributed by atoms with E-state index in [1.165, 1.54) is 17.5 Å². The Morgan fingerprint density at radius 3 is 2.30 bits per heavy atom. The first-order valence-electron chi connectivity index (χ1n) is 7.88. The van der Waals surface area contributed by atoms with E-state index < -0.39 is 16.1 Å². The number of benzene rings is 2. The van der Waals surface area contributed by atoms with E-state index in [0.717, 1.165) is 26.0 Å². The standard InChI is InChI=1S/C18H16BrN3O3S2/c1-11-8-14(9-12(2)16(11)13-6-4-3-5-7-13)27(24,25)22-17(23)21-18-20-10-15(19)26-18/h3-10H,1-2H3,(H2,20,21,22,23). The van der Waals surface area contributed by atoms with Crippen molar-refractivity contribution in [2.75, 3.05) is 5.32 Å². The first-order valence-corrected chi connectivity index (χ1v) is 11.0. The highest BCUT2D eigenvalue weighted by atomic mass is 79.9. The molecule has 1 heterocycles.